The molecule has 4 heterocycles. The molecule has 8 nitrogen and oxygen atoms in total. The van der Waals surface area contributed by atoms with Gasteiger partial charge in [-0.3, -0.25) is 9.40 Å². The number of anilines is 1. The second-order valence-electron chi connectivity index (χ2n) is 9.81. The third-order valence-electron chi connectivity index (χ3n) is 7.20. The molecule has 0 spiro atoms. The molecular formula is C29H30N4O4S. The quantitative estimate of drug-likeness (QED) is 0.370. The van der Waals surface area contributed by atoms with Gasteiger partial charge < -0.3 is 9.47 Å². The van der Waals surface area contributed by atoms with Gasteiger partial charge in [-0.2, -0.15) is 5.10 Å². The maximum absolute atomic E-state index is 11.9. The van der Waals surface area contributed by atoms with E-state index >= 15 is 0 Å². The Kier molecular flexibility index (Phi) is 6.41. The number of ether oxygens (including phenoxy) is 2. The van der Waals surface area contributed by atoms with Gasteiger partial charge in [0.25, 0.3) is 0 Å². The molecule has 0 bridgehead atoms. The minimum Gasteiger partial charge on any atom is -0.472 e. The van der Waals surface area contributed by atoms with Crippen LogP contribution in [0.4, 0.5) is 5.69 Å². The van der Waals surface area contributed by atoms with Crippen LogP contribution in [0.3, 0.4) is 0 Å². The van der Waals surface area contributed by atoms with Crippen LogP contribution in [0, 0.1) is 0 Å². The smallest absolute Gasteiger partial charge is 0.229 e. The lowest BCUT2D eigenvalue weighted by molar-refractivity contribution is 0.0675. The van der Waals surface area contributed by atoms with Crippen molar-refractivity contribution >= 4 is 37.8 Å². The van der Waals surface area contributed by atoms with Gasteiger partial charge in [0.05, 0.1) is 24.0 Å². The van der Waals surface area contributed by atoms with Crippen LogP contribution in [0.5, 0.6) is 5.88 Å². The molecule has 2 aliphatic rings. The summed E-state index contributed by atoms with van der Waals surface area (Å²) in [5.41, 5.74) is 7.75. The van der Waals surface area contributed by atoms with Gasteiger partial charge in [-0.05, 0) is 83.5 Å². The first-order valence-electron chi connectivity index (χ1n) is 12.9. The Hall–Kier alpha value is -3.69. The Morgan fingerprint density at radius 1 is 1.11 bits per heavy atom. The topological polar surface area (TPSA) is 95.3 Å². The molecule has 0 unspecified atom stereocenters. The molecule has 38 heavy (non-hydrogen) atoms. The van der Waals surface area contributed by atoms with Crippen LogP contribution in [-0.4, -0.2) is 42.7 Å². The number of benzene rings is 2. The molecular weight excluding hydrogens is 500 g/mol. The number of nitrogens with zero attached hydrogens (tertiary/aromatic N) is 3. The van der Waals surface area contributed by atoms with E-state index in [1.807, 2.05) is 36.5 Å². The fourth-order valence-electron chi connectivity index (χ4n) is 5.53. The van der Waals surface area contributed by atoms with Crippen molar-refractivity contribution in [2.45, 2.75) is 38.8 Å². The predicted molar refractivity (Wildman–Crippen MR) is 149 cm³/mol. The number of hydrogen-bond donors (Lipinski definition) is 1. The number of hydrogen-bond acceptors (Lipinski definition) is 6. The SMILES string of the molecule is CC/C(=C1\c2cc3cnn(C4CCOCC4)c3cc2COc2ncccc21)c1cccc(NS(C)(=O)=O)c1. The molecule has 6 rings (SSSR count). The maximum Gasteiger partial charge on any atom is 0.229 e. The average Bonchev–Trinajstić information content (AvgIpc) is 3.25. The third-order valence-corrected chi connectivity index (χ3v) is 7.81. The van der Waals surface area contributed by atoms with E-state index in [9.17, 15) is 8.42 Å². The number of aromatic nitrogens is 3. The molecule has 2 aromatic heterocycles. The van der Waals surface area contributed by atoms with Gasteiger partial charge in [-0.25, -0.2) is 13.4 Å². The van der Waals surface area contributed by atoms with Gasteiger partial charge in [0, 0.05) is 36.0 Å². The highest BCUT2D eigenvalue weighted by atomic mass is 32.2. The first-order valence-corrected chi connectivity index (χ1v) is 14.8. The molecule has 1 N–H and O–H groups in total. The zero-order chi connectivity index (χ0) is 26.3. The van der Waals surface area contributed by atoms with Gasteiger partial charge in [-0.15, -0.1) is 0 Å². The van der Waals surface area contributed by atoms with Crippen molar-refractivity contribution in [2.75, 3.05) is 24.2 Å². The highest BCUT2D eigenvalue weighted by molar-refractivity contribution is 7.92. The van der Waals surface area contributed by atoms with Gasteiger partial charge in [-0.1, -0.05) is 19.1 Å². The summed E-state index contributed by atoms with van der Waals surface area (Å²) in [5, 5.41) is 5.85. The van der Waals surface area contributed by atoms with Crippen molar-refractivity contribution in [3.8, 4) is 5.88 Å². The summed E-state index contributed by atoms with van der Waals surface area (Å²) in [7, 11) is -3.40. The van der Waals surface area contributed by atoms with Crippen molar-refractivity contribution in [1.82, 2.24) is 14.8 Å². The molecule has 0 radical (unpaired) electrons. The fraction of sp³-hybridized carbons (Fsp3) is 0.310. The van der Waals surface area contributed by atoms with Crippen LogP contribution < -0.4 is 9.46 Å². The standard InChI is InChI=1S/C29H30N4O4S/c1-3-24(19-6-4-7-22(14-19)32-38(2,34)35)28-25-8-5-11-30-29(25)37-18-21-16-27-20(15-26(21)28)17-31-33(27)23-9-12-36-13-10-23/h4-8,11,14-17,23,32H,3,9-10,12-13,18H2,1-2H3/b28-24+. The Labute approximate surface area is 222 Å². The van der Waals surface area contributed by atoms with Gasteiger partial charge >= 0.3 is 0 Å². The van der Waals surface area contributed by atoms with E-state index in [2.05, 4.69) is 33.4 Å². The van der Waals surface area contributed by atoms with Crippen LogP contribution in [0.15, 0.2) is 60.9 Å². The molecule has 0 aliphatic carbocycles. The second kappa shape index (κ2) is 9.89. The molecule has 1 saturated heterocycles. The lowest BCUT2D eigenvalue weighted by atomic mass is 9.86. The summed E-state index contributed by atoms with van der Waals surface area (Å²) >= 11 is 0. The lowest BCUT2D eigenvalue weighted by Crippen LogP contribution is -2.20. The van der Waals surface area contributed by atoms with Crippen LogP contribution in [0.2, 0.25) is 0 Å². The van der Waals surface area contributed by atoms with Gasteiger partial charge in [0.2, 0.25) is 15.9 Å². The molecule has 1 fully saturated rings. The molecule has 9 heteroatoms. The highest BCUT2D eigenvalue weighted by Crippen LogP contribution is 2.43. The van der Waals surface area contributed by atoms with Crippen molar-refractivity contribution in [3.63, 3.8) is 0 Å². The highest BCUT2D eigenvalue weighted by Gasteiger charge is 2.26. The minimum atomic E-state index is -3.40. The lowest BCUT2D eigenvalue weighted by Gasteiger charge is -2.23. The molecule has 4 aromatic rings. The summed E-state index contributed by atoms with van der Waals surface area (Å²) < 4.78 is 40.4. The van der Waals surface area contributed by atoms with Crippen LogP contribution >= 0.6 is 0 Å². The number of allylic oxidation sites excluding steroid dienone is 1. The maximum atomic E-state index is 11.9. The van der Waals surface area contributed by atoms with E-state index in [1.165, 1.54) is 0 Å². The van der Waals surface area contributed by atoms with E-state index < -0.39 is 10.0 Å². The molecule has 2 aromatic carbocycles. The molecule has 2 aliphatic heterocycles. The molecule has 0 amide bonds. The summed E-state index contributed by atoms with van der Waals surface area (Å²) in [4.78, 5) is 4.56. The number of rotatable bonds is 5. The molecule has 0 atom stereocenters. The summed E-state index contributed by atoms with van der Waals surface area (Å²) in [6.45, 7) is 4.01. The van der Waals surface area contributed by atoms with E-state index in [1.54, 1.807) is 12.3 Å². The number of fused-ring (bicyclic) bond motifs is 3. The zero-order valence-corrected chi connectivity index (χ0v) is 22.3. The largest absolute Gasteiger partial charge is 0.472 e. The fourth-order valence-corrected chi connectivity index (χ4v) is 6.09. The zero-order valence-electron chi connectivity index (χ0n) is 21.5. The normalized spacial score (nSPS) is 17.3. The van der Waals surface area contributed by atoms with Crippen molar-refractivity contribution in [2.24, 2.45) is 0 Å². The molecule has 196 valence electrons. The van der Waals surface area contributed by atoms with Gasteiger partial charge in [0.15, 0.2) is 0 Å². The third kappa shape index (κ3) is 4.68. The molecule has 0 saturated carbocycles. The van der Waals surface area contributed by atoms with Crippen molar-refractivity contribution in [1.29, 1.82) is 0 Å². The average molecular weight is 531 g/mol. The van der Waals surface area contributed by atoms with Crippen molar-refractivity contribution < 1.29 is 17.9 Å². The summed E-state index contributed by atoms with van der Waals surface area (Å²) in [6.07, 6.45) is 7.47. The summed E-state index contributed by atoms with van der Waals surface area (Å²) in [5.74, 6) is 0.588. The van der Waals surface area contributed by atoms with E-state index in [0.717, 1.165) is 83.0 Å². The van der Waals surface area contributed by atoms with E-state index in [-0.39, 0.29) is 0 Å². The van der Waals surface area contributed by atoms with Crippen LogP contribution in [-0.2, 0) is 21.4 Å². The Bertz CT molecular complexity index is 1650. The minimum absolute atomic E-state index is 0.316. The first-order chi connectivity index (χ1) is 18.4. The number of sulfonamides is 1. The van der Waals surface area contributed by atoms with E-state index in [4.69, 9.17) is 14.6 Å². The Balaban J connectivity index is 1.57. The number of nitrogens with one attached hydrogen (secondary N) is 1. The summed E-state index contributed by atoms with van der Waals surface area (Å²) in [6, 6.07) is 16.2. The Morgan fingerprint density at radius 3 is 2.74 bits per heavy atom. The van der Waals surface area contributed by atoms with Gasteiger partial charge in [0.1, 0.15) is 6.61 Å². The van der Waals surface area contributed by atoms with E-state index in [0.29, 0.717) is 24.2 Å². The number of pyridine rings is 1. The Morgan fingerprint density at radius 2 is 1.95 bits per heavy atom. The second-order valence-corrected chi connectivity index (χ2v) is 11.6. The van der Waals surface area contributed by atoms with Crippen LogP contribution in [0.25, 0.3) is 22.0 Å². The first kappa shape index (κ1) is 24.6. The predicted octanol–water partition coefficient (Wildman–Crippen LogP) is 5.42. The van der Waals surface area contributed by atoms with Crippen molar-refractivity contribution in [3.05, 3.63) is 83.2 Å². The van der Waals surface area contributed by atoms with Crippen LogP contribution in [0.1, 0.15) is 54.5 Å². The monoisotopic (exact) mass is 530 g/mol.